The molecule has 8 nitrogen and oxygen atoms in total. The van der Waals surface area contributed by atoms with Crippen molar-refractivity contribution in [1.82, 2.24) is 20.6 Å². The summed E-state index contributed by atoms with van der Waals surface area (Å²) >= 11 is 1.57. The second-order valence-corrected chi connectivity index (χ2v) is 8.37. The molecule has 0 aliphatic rings. The number of hydrogen-bond donors (Lipinski definition) is 2. The largest absolute Gasteiger partial charge is 0.445 e. The fourth-order valence-corrected chi connectivity index (χ4v) is 3.87. The summed E-state index contributed by atoms with van der Waals surface area (Å²) in [6, 6.07) is 13.5. The third kappa shape index (κ3) is 7.70. The van der Waals surface area contributed by atoms with Gasteiger partial charge < -0.3 is 15.4 Å². The summed E-state index contributed by atoms with van der Waals surface area (Å²) in [5, 5.41) is 16.6. The predicted octanol–water partition coefficient (Wildman–Crippen LogP) is 4.15. The Balaban J connectivity index is 1.40. The molecule has 0 spiro atoms. The van der Waals surface area contributed by atoms with E-state index in [-0.39, 0.29) is 25.0 Å². The first-order valence-electron chi connectivity index (χ1n) is 10.5. The number of hydrogen-bond acceptors (Lipinski definition) is 7. The van der Waals surface area contributed by atoms with Crippen molar-refractivity contribution in [3.05, 3.63) is 59.7 Å². The van der Waals surface area contributed by atoms with Gasteiger partial charge in [-0.2, -0.15) is 5.26 Å². The Bertz CT molecular complexity index is 1090. The van der Waals surface area contributed by atoms with Crippen LogP contribution < -0.4 is 10.6 Å². The number of nitrogens with one attached hydrogen (secondary N) is 2. The van der Waals surface area contributed by atoms with E-state index < -0.39 is 6.09 Å². The summed E-state index contributed by atoms with van der Waals surface area (Å²) in [6.45, 7) is 2.50. The number of nitriles is 1. The number of ether oxygens (including phenoxy) is 1. The molecule has 0 bridgehead atoms. The molecule has 0 saturated carbocycles. The van der Waals surface area contributed by atoms with E-state index in [9.17, 15) is 9.59 Å². The first-order valence-corrected chi connectivity index (χ1v) is 11.4. The molecule has 2 aromatic heterocycles. The Hall–Kier alpha value is -3.77. The SMILES string of the molecule is CC(CCNC(=O)OCc1ccc(-c2csc(-c3cccnc3)n2)cc1)CC(=O)NCC#N. The lowest BCUT2D eigenvalue weighted by molar-refractivity contribution is -0.121. The fourth-order valence-electron chi connectivity index (χ4n) is 3.05. The summed E-state index contributed by atoms with van der Waals surface area (Å²) in [6.07, 6.45) is 3.98. The van der Waals surface area contributed by atoms with Crippen molar-refractivity contribution in [3.8, 4) is 27.9 Å². The van der Waals surface area contributed by atoms with Crippen molar-refractivity contribution in [2.24, 2.45) is 5.92 Å². The molecule has 9 heteroatoms. The molecule has 0 radical (unpaired) electrons. The number of aromatic nitrogens is 2. The van der Waals surface area contributed by atoms with Crippen LogP contribution in [0.5, 0.6) is 0 Å². The average molecular weight is 464 g/mol. The molecule has 0 saturated heterocycles. The third-order valence-electron chi connectivity index (χ3n) is 4.84. The van der Waals surface area contributed by atoms with Crippen LogP contribution in [0.1, 0.15) is 25.3 Å². The van der Waals surface area contributed by atoms with E-state index in [1.54, 1.807) is 23.7 Å². The Morgan fingerprint density at radius 1 is 1.18 bits per heavy atom. The quantitative estimate of drug-likeness (QED) is 0.436. The van der Waals surface area contributed by atoms with E-state index in [1.165, 1.54) is 0 Å². The molecule has 0 aliphatic carbocycles. The molecule has 170 valence electrons. The summed E-state index contributed by atoms with van der Waals surface area (Å²) in [7, 11) is 0. The van der Waals surface area contributed by atoms with Crippen LogP contribution in [0.15, 0.2) is 54.2 Å². The fraction of sp³-hybridized carbons (Fsp3) is 0.292. The first kappa shape index (κ1) is 23.9. The highest BCUT2D eigenvalue weighted by atomic mass is 32.1. The van der Waals surface area contributed by atoms with Gasteiger partial charge in [0.1, 0.15) is 18.2 Å². The lowest BCUT2D eigenvalue weighted by Gasteiger charge is -2.12. The predicted molar refractivity (Wildman–Crippen MR) is 126 cm³/mol. The maximum atomic E-state index is 11.9. The number of benzene rings is 1. The average Bonchev–Trinajstić information content (AvgIpc) is 3.33. The molecule has 1 unspecified atom stereocenters. The van der Waals surface area contributed by atoms with Gasteiger partial charge in [-0.25, -0.2) is 9.78 Å². The molecule has 1 aromatic carbocycles. The molecule has 3 rings (SSSR count). The van der Waals surface area contributed by atoms with E-state index in [2.05, 4.69) is 20.6 Å². The second-order valence-electron chi connectivity index (χ2n) is 7.51. The van der Waals surface area contributed by atoms with Crippen LogP contribution in [-0.2, 0) is 16.1 Å². The van der Waals surface area contributed by atoms with Crippen molar-refractivity contribution in [1.29, 1.82) is 5.26 Å². The molecular formula is C24H25N5O3S. The zero-order valence-electron chi connectivity index (χ0n) is 18.3. The topological polar surface area (TPSA) is 117 Å². The van der Waals surface area contributed by atoms with Gasteiger partial charge in [0.15, 0.2) is 0 Å². The van der Waals surface area contributed by atoms with Gasteiger partial charge in [-0.15, -0.1) is 11.3 Å². The number of carbonyl (C=O) groups excluding carboxylic acids is 2. The van der Waals surface area contributed by atoms with Crippen molar-refractivity contribution in [2.75, 3.05) is 13.1 Å². The minimum Gasteiger partial charge on any atom is -0.445 e. The minimum absolute atomic E-state index is 0.00726. The molecular weight excluding hydrogens is 438 g/mol. The maximum Gasteiger partial charge on any atom is 0.407 e. The minimum atomic E-state index is -0.499. The normalized spacial score (nSPS) is 11.3. The number of amides is 2. The number of alkyl carbamates (subject to hydrolysis) is 1. The van der Waals surface area contributed by atoms with Crippen LogP contribution in [0.2, 0.25) is 0 Å². The van der Waals surface area contributed by atoms with Crippen molar-refractivity contribution >= 4 is 23.3 Å². The van der Waals surface area contributed by atoms with E-state index in [4.69, 9.17) is 10.00 Å². The zero-order valence-corrected chi connectivity index (χ0v) is 19.1. The van der Waals surface area contributed by atoms with Crippen molar-refractivity contribution in [3.63, 3.8) is 0 Å². The highest BCUT2D eigenvalue weighted by Gasteiger charge is 2.10. The van der Waals surface area contributed by atoms with Crippen LogP contribution in [-0.4, -0.2) is 35.1 Å². The smallest absolute Gasteiger partial charge is 0.407 e. The Morgan fingerprint density at radius 2 is 2.00 bits per heavy atom. The number of thiazole rings is 1. The van der Waals surface area contributed by atoms with Gasteiger partial charge >= 0.3 is 6.09 Å². The van der Waals surface area contributed by atoms with Crippen LogP contribution in [0, 0.1) is 17.2 Å². The molecule has 2 amide bonds. The highest BCUT2D eigenvalue weighted by molar-refractivity contribution is 7.13. The Kier molecular flexibility index (Phi) is 8.91. The molecule has 33 heavy (non-hydrogen) atoms. The summed E-state index contributed by atoms with van der Waals surface area (Å²) < 4.78 is 5.27. The maximum absolute atomic E-state index is 11.9. The van der Waals surface area contributed by atoms with E-state index in [0.717, 1.165) is 27.4 Å². The molecule has 0 aliphatic heterocycles. The van der Waals surface area contributed by atoms with Crippen molar-refractivity contribution in [2.45, 2.75) is 26.4 Å². The van der Waals surface area contributed by atoms with Gasteiger partial charge in [0.05, 0.1) is 11.8 Å². The van der Waals surface area contributed by atoms with Gasteiger partial charge in [-0.05, 0) is 30.0 Å². The lowest BCUT2D eigenvalue weighted by atomic mass is 10.0. The zero-order chi connectivity index (χ0) is 23.5. The van der Waals surface area contributed by atoms with E-state index in [1.807, 2.05) is 54.8 Å². The number of carbonyl (C=O) groups is 2. The lowest BCUT2D eigenvalue weighted by Crippen LogP contribution is -2.28. The number of nitrogens with zero attached hydrogens (tertiary/aromatic N) is 3. The Morgan fingerprint density at radius 3 is 2.73 bits per heavy atom. The van der Waals surface area contributed by atoms with Gasteiger partial charge in [-0.3, -0.25) is 9.78 Å². The second kappa shape index (κ2) is 12.3. The molecule has 0 fully saturated rings. The first-order chi connectivity index (χ1) is 16.0. The van der Waals surface area contributed by atoms with Gasteiger partial charge in [0.2, 0.25) is 5.91 Å². The van der Waals surface area contributed by atoms with Crippen LogP contribution in [0.4, 0.5) is 4.79 Å². The number of pyridine rings is 1. The monoisotopic (exact) mass is 463 g/mol. The third-order valence-corrected chi connectivity index (χ3v) is 5.73. The molecule has 3 aromatic rings. The summed E-state index contributed by atoms with van der Waals surface area (Å²) in [5.74, 6) is -0.0815. The van der Waals surface area contributed by atoms with Gasteiger partial charge in [0.25, 0.3) is 0 Å². The van der Waals surface area contributed by atoms with E-state index in [0.29, 0.717) is 19.4 Å². The molecule has 2 heterocycles. The molecule has 1 atom stereocenters. The summed E-state index contributed by atoms with van der Waals surface area (Å²) in [4.78, 5) is 32.3. The van der Waals surface area contributed by atoms with E-state index >= 15 is 0 Å². The number of rotatable bonds is 10. The van der Waals surface area contributed by atoms with Crippen LogP contribution in [0.25, 0.3) is 21.8 Å². The Labute approximate surface area is 196 Å². The van der Waals surface area contributed by atoms with Crippen molar-refractivity contribution < 1.29 is 14.3 Å². The van der Waals surface area contributed by atoms with Crippen LogP contribution in [0.3, 0.4) is 0 Å². The van der Waals surface area contributed by atoms with Crippen LogP contribution >= 0.6 is 11.3 Å². The molecule has 2 N–H and O–H groups in total. The standard InChI is InChI=1S/C24H25N5O3S/c1-17(13-22(30)27-12-9-25)8-11-28-24(31)32-15-18-4-6-19(7-5-18)21-16-33-23(29-21)20-3-2-10-26-14-20/h2-7,10,14,16-17H,8,11-13,15H2,1H3,(H,27,30)(H,28,31). The van der Waals surface area contributed by atoms with Gasteiger partial charge in [-0.1, -0.05) is 31.2 Å². The highest BCUT2D eigenvalue weighted by Crippen LogP contribution is 2.28. The summed E-state index contributed by atoms with van der Waals surface area (Å²) in [5.41, 5.74) is 3.74. The van der Waals surface area contributed by atoms with Gasteiger partial charge in [0, 0.05) is 41.9 Å².